The zero-order valence-electron chi connectivity index (χ0n) is 8.28. The summed E-state index contributed by atoms with van der Waals surface area (Å²) in [7, 11) is 0. The predicted octanol–water partition coefficient (Wildman–Crippen LogP) is 2.57. The standard InChI is InChI=1S/C10H18N2O/c1-8-4-5-10-9(7-8)3-2-6-12(10)11-13/h8-10H,2-7H2,1H3/t8-,9-,10+/m0/s1. The van der Waals surface area contributed by atoms with Crippen LogP contribution in [0.5, 0.6) is 0 Å². The van der Waals surface area contributed by atoms with Crippen LogP contribution in [0.1, 0.15) is 39.0 Å². The van der Waals surface area contributed by atoms with Crippen LogP contribution in [0.2, 0.25) is 0 Å². The Morgan fingerprint density at radius 2 is 2.15 bits per heavy atom. The van der Waals surface area contributed by atoms with Gasteiger partial charge in [-0.05, 0) is 43.9 Å². The van der Waals surface area contributed by atoms with Crippen LogP contribution >= 0.6 is 0 Å². The van der Waals surface area contributed by atoms with Gasteiger partial charge < -0.3 is 0 Å². The van der Waals surface area contributed by atoms with Gasteiger partial charge >= 0.3 is 0 Å². The molecule has 0 amide bonds. The molecule has 0 aromatic heterocycles. The van der Waals surface area contributed by atoms with E-state index in [9.17, 15) is 4.91 Å². The maximum atomic E-state index is 10.6. The monoisotopic (exact) mass is 182 g/mol. The lowest BCUT2D eigenvalue weighted by atomic mass is 9.75. The normalized spacial score (nSPS) is 39.8. The molecule has 1 aliphatic carbocycles. The summed E-state index contributed by atoms with van der Waals surface area (Å²) in [5.41, 5.74) is 0. The van der Waals surface area contributed by atoms with Gasteiger partial charge in [0, 0.05) is 6.54 Å². The Bertz CT molecular complexity index is 195. The second-order valence-corrected chi connectivity index (χ2v) is 4.63. The van der Waals surface area contributed by atoms with Gasteiger partial charge in [-0.1, -0.05) is 6.92 Å². The summed E-state index contributed by atoms with van der Waals surface area (Å²) >= 11 is 0. The van der Waals surface area contributed by atoms with Crippen LogP contribution in [0.15, 0.2) is 5.29 Å². The molecule has 0 spiro atoms. The third-order valence-electron chi connectivity index (χ3n) is 3.65. The lowest BCUT2D eigenvalue weighted by Crippen LogP contribution is -2.44. The third-order valence-corrected chi connectivity index (χ3v) is 3.65. The second-order valence-electron chi connectivity index (χ2n) is 4.63. The van der Waals surface area contributed by atoms with Gasteiger partial charge in [0.2, 0.25) is 0 Å². The van der Waals surface area contributed by atoms with Gasteiger partial charge in [-0.2, -0.15) is 0 Å². The topological polar surface area (TPSA) is 32.7 Å². The predicted molar refractivity (Wildman–Crippen MR) is 52.0 cm³/mol. The van der Waals surface area contributed by atoms with E-state index in [1.165, 1.54) is 25.7 Å². The highest BCUT2D eigenvalue weighted by molar-refractivity contribution is 4.87. The Balaban J connectivity index is 2.03. The van der Waals surface area contributed by atoms with Crippen molar-refractivity contribution in [3.05, 3.63) is 4.91 Å². The van der Waals surface area contributed by atoms with E-state index in [0.29, 0.717) is 6.04 Å². The minimum Gasteiger partial charge on any atom is -0.258 e. The van der Waals surface area contributed by atoms with Crippen molar-refractivity contribution in [3.8, 4) is 0 Å². The van der Waals surface area contributed by atoms with Crippen LogP contribution < -0.4 is 0 Å². The van der Waals surface area contributed by atoms with E-state index in [4.69, 9.17) is 0 Å². The maximum absolute atomic E-state index is 10.6. The largest absolute Gasteiger partial charge is 0.258 e. The Labute approximate surface area is 79.4 Å². The molecule has 3 heteroatoms. The number of piperidine rings is 1. The Hall–Kier alpha value is -0.600. The summed E-state index contributed by atoms with van der Waals surface area (Å²) in [4.78, 5) is 10.6. The molecule has 1 aliphatic heterocycles. The van der Waals surface area contributed by atoms with E-state index in [2.05, 4.69) is 12.2 Å². The van der Waals surface area contributed by atoms with Gasteiger partial charge in [-0.15, -0.1) is 4.91 Å². The van der Waals surface area contributed by atoms with Gasteiger partial charge in [0.25, 0.3) is 0 Å². The van der Waals surface area contributed by atoms with E-state index in [-0.39, 0.29) is 0 Å². The molecule has 1 saturated heterocycles. The molecular formula is C10H18N2O. The molecular weight excluding hydrogens is 164 g/mol. The second kappa shape index (κ2) is 3.64. The number of rotatable bonds is 1. The molecule has 74 valence electrons. The van der Waals surface area contributed by atoms with Crippen LogP contribution in [-0.4, -0.2) is 17.6 Å². The molecule has 0 unspecified atom stereocenters. The maximum Gasteiger partial charge on any atom is 0.0531 e. The molecule has 1 saturated carbocycles. The van der Waals surface area contributed by atoms with Crippen LogP contribution in [0.25, 0.3) is 0 Å². The third kappa shape index (κ3) is 1.69. The fourth-order valence-electron chi connectivity index (χ4n) is 2.97. The zero-order chi connectivity index (χ0) is 9.26. The molecule has 0 aromatic carbocycles. The number of hydrogen-bond acceptors (Lipinski definition) is 2. The van der Waals surface area contributed by atoms with Gasteiger partial charge in [0.05, 0.1) is 11.3 Å². The Morgan fingerprint density at radius 3 is 2.92 bits per heavy atom. The number of nitrogens with zero attached hydrogens (tertiary/aromatic N) is 2. The summed E-state index contributed by atoms with van der Waals surface area (Å²) in [6, 6.07) is 0.474. The molecule has 3 atom stereocenters. The van der Waals surface area contributed by atoms with E-state index < -0.39 is 0 Å². The first-order chi connectivity index (χ1) is 6.31. The van der Waals surface area contributed by atoms with Gasteiger partial charge in [-0.3, -0.25) is 5.01 Å². The summed E-state index contributed by atoms with van der Waals surface area (Å²) in [5, 5.41) is 4.93. The zero-order valence-corrected chi connectivity index (χ0v) is 8.28. The van der Waals surface area contributed by atoms with Crippen molar-refractivity contribution in [3.63, 3.8) is 0 Å². The van der Waals surface area contributed by atoms with Gasteiger partial charge in [0.15, 0.2) is 0 Å². The van der Waals surface area contributed by atoms with Crippen molar-refractivity contribution in [2.75, 3.05) is 6.54 Å². The molecule has 0 aromatic rings. The first-order valence-corrected chi connectivity index (χ1v) is 5.41. The van der Waals surface area contributed by atoms with Crippen molar-refractivity contribution in [2.45, 2.75) is 45.1 Å². The Morgan fingerprint density at radius 1 is 1.31 bits per heavy atom. The average molecular weight is 182 g/mol. The fraction of sp³-hybridized carbons (Fsp3) is 1.00. The van der Waals surface area contributed by atoms with Crippen molar-refractivity contribution < 1.29 is 0 Å². The molecule has 0 bridgehead atoms. The highest BCUT2D eigenvalue weighted by Crippen LogP contribution is 2.37. The molecule has 2 rings (SSSR count). The lowest BCUT2D eigenvalue weighted by Gasteiger charge is -2.42. The minimum atomic E-state index is 0.474. The summed E-state index contributed by atoms with van der Waals surface area (Å²) < 4.78 is 0. The summed E-state index contributed by atoms with van der Waals surface area (Å²) in [6.45, 7) is 3.21. The summed E-state index contributed by atoms with van der Waals surface area (Å²) in [6.07, 6.45) is 6.21. The molecule has 2 aliphatic rings. The SMILES string of the molecule is C[C@H]1CC[C@@H]2[C@@H](CCCN2N=O)C1. The van der Waals surface area contributed by atoms with Crippen molar-refractivity contribution in [2.24, 2.45) is 17.1 Å². The number of fused-ring (bicyclic) bond motifs is 1. The highest BCUT2D eigenvalue weighted by atomic mass is 16.3. The van der Waals surface area contributed by atoms with Crippen molar-refractivity contribution in [1.82, 2.24) is 5.01 Å². The molecule has 0 radical (unpaired) electrons. The molecule has 2 fully saturated rings. The van der Waals surface area contributed by atoms with Crippen LogP contribution in [-0.2, 0) is 0 Å². The highest BCUT2D eigenvalue weighted by Gasteiger charge is 2.35. The number of nitroso groups, excluding NO2 is 1. The summed E-state index contributed by atoms with van der Waals surface area (Å²) in [5.74, 6) is 1.60. The van der Waals surface area contributed by atoms with E-state index in [1.807, 2.05) is 0 Å². The molecule has 13 heavy (non-hydrogen) atoms. The molecule has 0 N–H and O–H groups in total. The van der Waals surface area contributed by atoms with Crippen LogP contribution in [0.4, 0.5) is 0 Å². The number of hydrogen-bond donors (Lipinski definition) is 0. The van der Waals surface area contributed by atoms with Crippen molar-refractivity contribution >= 4 is 0 Å². The average Bonchev–Trinajstić information content (AvgIpc) is 2.16. The van der Waals surface area contributed by atoms with Gasteiger partial charge in [0.1, 0.15) is 0 Å². The first-order valence-electron chi connectivity index (χ1n) is 5.41. The van der Waals surface area contributed by atoms with Crippen LogP contribution in [0.3, 0.4) is 0 Å². The van der Waals surface area contributed by atoms with Crippen molar-refractivity contribution in [1.29, 1.82) is 0 Å². The quantitative estimate of drug-likeness (QED) is 0.584. The van der Waals surface area contributed by atoms with Crippen LogP contribution in [0, 0.1) is 16.7 Å². The molecule has 1 heterocycles. The van der Waals surface area contributed by atoms with E-state index in [0.717, 1.165) is 24.8 Å². The van der Waals surface area contributed by atoms with E-state index in [1.54, 1.807) is 5.01 Å². The fourth-order valence-corrected chi connectivity index (χ4v) is 2.97. The molecule has 3 nitrogen and oxygen atoms in total. The van der Waals surface area contributed by atoms with E-state index >= 15 is 0 Å². The minimum absolute atomic E-state index is 0.474. The Kier molecular flexibility index (Phi) is 2.51. The first kappa shape index (κ1) is 8.97. The van der Waals surface area contributed by atoms with Gasteiger partial charge in [-0.25, -0.2) is 0 Å². The smallest absolute Gasteiger partial charge is 0.0531 e. The lowest BCUT2D eigenvalue weighted by molar-refractivity contribution is 0.0459.